The van der Waals surface area contributed by atoms with Crippen LogP contribution in [0.4, 0.5) is 5.69 Å². The highest BCUT2D eigenvalue weighted by molar-refractivity contribution is 8.27. The molecule has 0 unspecified atom stereocenters. The molecule has 1 fully saturated rings. The van der Waals surface area contributed by atoms with Gasteiger partial charge in [-0.05, 0) is 73.3 Å². The Morgan fingerprint density at radius 3 is 2.28 bits per heavy atom. The highest BCUT2D eigenvalue weighted by atomic mass is 35.5. The Morgan fingerprint density at radius 2 is 1.64 bits per heavy atom. The summed E-state index contributed by atoms with van der Waals surface area (Å²) in [6.07, 6.45) is 1.80. The Balaban J connectivity index is 0.00000420. The molecule has 0 aliphatic carbocycles. The van der Waals surface area contributed by atoms with E-state index in [0.29, 0.717) is 38.6 Å². The molecule has 0 aromatic heterocycles. The van der Waals surface area contributed by atoms with Crippen molar-refractivity contribution in [3.05, 3.63) is 88.8 Å². The molecule has 3 aromatic carbocycles. The average Bonchev–Trinajstić information content (AvgIpc) is 3.20. The Labute approximate surface area is 244 Å². The van der Waals surface area contributed by atoms with Gasteiger partial charge in [-0.1, -0.05) is 62.1 Å². The van der Waals surface area contributed by atoms with Crippen LogP contribution in [0.5, 0.6) is 17.2 Å². The fraction of sp³-hybridized carbons (Fsp3) is 0.207. The molecule has 1 saturated heterocycles. The van der Waals surface area contributed by atoms with Gasteiger partial charge in [0.2, 0.25) is 0 Å². The summed E-state index contributed by atoms with van der Waals surface area (Å²) in [5.41, 5.74) is 7.24. The molecule has 39 heavy (non-hydrogen) atoms. The number of likely N-dealkylation sites (N-methyl/N-ethyl adjacent to an activating group) is 1. The van der Waals surface area contributed by atoms with Crippen molar-refractivity contribution >= 4 is 64.3 Å². The molecule has 1 aliphatic heterocycles. The highest BCUT2D eigenvalue weighted by Crippen LogP contribution is 2.37. The van der Waals surface area contributed by atoms with Crippen LogP contribution in [0.3, 0.4) is 0 Å². The third-order valence-corrected chi connectivity index (χ3v) is 7.32. The normalized spacial score (nSPS) is 14.0. The van der Waals surface area contributed by atoms with E-state index in [1.807, 2.05) is 36.4 Å². The van der Waals surface area contributed by atoms with Gasteiger partial charge in [-0.3, -0.25) is 14.5 Å². The summed E-state index contributed by atoms with van der Waals surface area (Å²) < 4.78 is 12.2. The zero-order valence-corrected chi connectivity index (χ0v) is 24.1. The van der Waals surface area contributed by atoms with Gasteiger partial charge in [0.15, 0.2) is 4.32 Å². The first-order chi connectivity index (χ1) is 18.4. The number of nitrogens with zero attached hydrogens (tertiary/aromatic N) is 2. The number of hydrogen-bond donors (Lipinski definition) is 1. The van der Waals surface area contributed by atoms with Crippen molar-refractivity contribution in [1.82, 2.24) is 4.90 Å². The molecule has 2 amide bonds. The number of thiocarbonyl (C=S) groups is 1. The molecule has 4 rings (SSSR count). The van der Waals surface area contributed by atoms with Gasteiger partial charge in [0.25, 0.3) is 11.8 Å². The van der Waals surface area contributed by atoms with Gasteiger partial charge in [0.05, 0.1) is 16.2 Å². The molecular formula is C29H30ClN3O4S2. The fourth-order valence-corrected chi connectivity index (χ4v) is 5.18. The van der Waals surface area contributed by atoms with E-state index < -0.39 is 5.91 Å². The van der Waals surface area contributed by atoms with Gasteiger partial charge < -0.3 is 20.1 Å². The fourth-order valence-electron chi connectivity index (χ4n) is 3.88. The zero-order valence-electron chi connectivity index (χ0n) is 21.7. The van der Waals surface area contributed by atoms with Gasteiger partial charge in [-0.25, -0.2) is 0 Å². The van der Waals surface area contributed by atoms with E-state index >= 15 is 0 Å². The quantitative estimate of drug-likeness (QED) is 0.215. The topological polar surface area (TPSA) is 85.1 Å². The maximum atomic E-state index is 13.2. The lowest BCUT2D eigenvalue weighted by Gasteiger charge is -2.18. The van der Waals surface area contributed by atoms with Crippen LogP contribution in [-0.2, 0) is 4.79 Å². The summed E-state index contributed by atoms with van der Waals surface area (Å²) in [6.45, 7) is 7.71. The van der Waals surface area contributed by atoms with Gasteiger partial charge in [-0.2, -0.15) is 0 Å². The Bertz CT molecular complexity index is 1340. The molecule has 7 nitrogen and oxygen atoms in total. The van der Waals surface area contributed by atoms with E-state index in [0.717, 1.165) is 30.9 Å². The van der Waals surface area contributed by atoms with Crippen LogP contribution >= 0.6 is 36.4 Å². The van der Waals surface area contributed by atoms with Crippen molar-refractivity contribution in [2.75, 3.05) is 31.1 Å². The van der Waals surface area contributed by atoms with Crippen molar-refractivity contribution in [2.24, 2.45) is 5.73 Å². The number of nitrogens with two attached hydrogens (primary N) is 1. The minimum atomic E-state index is -0.559. The molecule has 2 N–H and O–H groups in total. The largest absolute Gasteiger partial charge is 0.492 e. The number of benzene rings is 3. The SMILES string of the molecule is CCN(CC)CCOc1ccc(N2C(=O)/C(=C/c3ccc(Oc4ccccc4C(N)=O)cc3)SC2=S)cc1.Cl. The summed E-state index contributed by atoms with van der Waals surface area (Å²) in [4.78, 5) is 29.2. The molecule has 0 radical (unpaired) electrons. The van der Waals surface area contributed by atoms with Crippen LogP contribution in [0.2, 0.25) is 0 Å². The minimum Gasteiger partial charge on any atom is -0.492 e. The third-order valence-electron chi connectivity index (χ3n) is 6.02. The molecule has 3 aromatic rings. The van der Waals surface area contributed by atoms with Gasteiger partial charge in [0, 0.05) is 6.54 Å². The number of rotatable bonds is 11. The Morgan fingerprint density at radius 1 is 1.00 bits per heavy atom. The lowest BCUT2D eigenvalue weighted by Crippen LogP contribution is -2.28. The number of carbonyl (C=O) groups is 2. The van der Waals surface area contributed by atoms with Gasteiger partial charge in [0.1, 0.15) is 23.9 Å². The number of halogens is 1. The zero-order chi connectivity index (χ0) is 27.1. The van der Waals surface area contributed by atoms with Crippen LogP contribution in [0.1, 0.15) is 29.8 Å². The van der Waals surface area contributed by atoms with E-state index in [2.05, 4.69) is 18.7 Å². The van der Waals surface area contributed by atoms with Crippen molar-refractivity contribution in [3.8, 4) is 17.2 Å². The van der Waals surface area contributed by atoms with Crippen molar-refractivity contribution in [2.45, 2.75) is 13.8 Å². The molecule has 0 atom stereocenters. The van der Waals surface area contributed by atoms with Crippen LogP contribution in [0.15, 0.2) is 77.7 Å². The average molecular weight is 584 g/mol. The third kappa shape index (κ3) is 7.60. The number of amides is 2. The van der Waals surface area contributed by atoms with Crippen LogP contribution in [0, 0.1) is 0 Å². The minimum absolute atomic E-state index is 0. The van der Waals surface area contributed by atoms with E-state index in [-0.39, 0.29) is 18.3 Å². The van der Waals surface area contributed by atoms with Gasteiger partial charge >= 0.3 is 0 Å². The number of carbonyl (C=O) groups excluding carboxylic acids is 2. The molecule has 0 spiro atoms. The van der Waals surface area contributed by atoms with E-state index in [9.17, 15) is 9.59 Å². The number of para-hydroxylation sites is 1. The standard InChI is InChI=1S/C29H29N3O4S2.ClH/c1-3-31(4-2)17-18-35-22-15-11-21(12-16-22)32-28(34)26(38-29(32)37)19-20-9-13-23(14-10-20)36-25-8-6-5-7-24(25)27(30)33;/h5-16,19H,3-4,17-18H2,1-2H3,(H2,30,33);1H/b26-19-;. The number of thioether (sulfide) groups is 1. The van der Waals surface area contributed by atoms with Gasteiger partial charge in [-0.15, -0.1) is 12.4 Å². The number of hydrogen-bond acceptors (Lipinski definition) is 7. The first-order valence-electron chi connectivity index (χ1n) is 12.3. The first kappa shape index (κ1) is 30.2. The molecular weight excluding hydrogens is 554 g/mol. The molecule has 204 valence electrons. The number of anilines is 1. The molecule has 0 saturated carbocycles. The Kier molecular flexibility index (Phi) is 10.9. The summed E-state index contributed by atoms with van der Waals surface area (Å²) in [5.74, 6) is 0.946. The molecule has 0 bridgehead atoms. The Hall–Kier alpha value is -3.37. The van der Waals surface area contributed by atoms with E-state index in [4.69, 9.17) is 27.4 Å². The predicted molar refractivity (Wildman–Crippen MR) is 164 cm³/mol. The molecule has 1 aliphatic rings. The van der Waals surface area contributed by atoms with E-state index in [1.165, 1.54) is 16.7 Å². The second-order valence-corrected chi connectivity index (χ2v) is 10.1. The predicted octanol–water partition coefficient (Wildman–Crippen LogP) is 6.13. The summed E-state index contributed by atoms with van der Waals surface area (Å²) >= 11 is 6.77. The highest BCUT2D eigenvalue weighted by Gasteiger charge is 2.33. The lowest BCUT2D eigenvalue weighted by molar-refractivity contribution is -0.113. The first-order valence-corrected chi connectivity index (χ1v) is 13.5. The molecule has 1 heterocycles. The van der Waals surface area contributed by atoms with Crippen LogP contribution in [0.25, 0.3) is 6.08 Å². The molecule has 10 heteroatoms. The second kappa shape index (κ2) is 14.1. The smallest absolute Gasteiger partial charge is 0.270 e. The lowest BCUT2D eigenvalue weighted by atomic mass is 10.2. The van der Waals surface area contributed by atoms with Crippen molar-refractivity contribution < 1.29 is 19.1 Å². The number of ether oxygens (including phenoxy) is 2. The van der Waals surface area contributed by atoms with Crippen LogP contribution in [-0.4, -0.2) is 47.3 Å². The monoisotopic (exact) mass is 583 g/mol. The van der Waals surface area contributed by atoms with Crippen LogP contribution < -0.4 is 20.1 Å². The van der Waals surface area contributed by atoms with E-state index in [1.54, 1.807) is 42.5 Å². The maximum absolute atomic E-state index is 13.2. The van der Waals surface area contributed by atoms with Crippen molar-refractivity contribution in [1.29, 1.82) is 0 Å². The summed E-state index contributed by atoms with van der Waals surface area (Å²) in [7, 11) is 0. The van der Waals surface area contributed by atoms with Crippen molar-refractivity contribution in [3.63, 3.8) is 0 Å². The second-order valence-electron chi connectivity index (χ2n) is 8.42. The number of primary amides is 1. The summed E-state index contributed by atoms with van der Waals surface area (Å²) in [6, 6.07) is 21.4. The maximum Gasteiger partial charge on any atom is 0.270 e. The summed E-state index contributed by atoms with van der Waals surface area (Å²) in [5, 5.41) is 0.